The van der Waals surface area contributed by atoms with E-state index in [1.807, 2.05) is 48.5 Å². The average Bonchev–Trinajstić information content (AvgIpc) is 2.80. The number of non-ortho nitro benzene ring substituents is 1. The van der Waals surface area contributed by atoms with Crippen LogP contribution >= 0.6 is 0 Å². The summed E-state index contributed by atoms with van der Waals surface area (Å²) in [6.07, 6.45) is 2.42. The van der Waals surface area contributed by atoms with Gasteiger partial charge in [0.15, 0.2) is 0 Å². The van der Waals surface area contributed by atoms with Gasteiger partial charge in [0.05, 0.1) is 37.1 Å². The first-order valence-electron chi connectivity index (χ1n) is 9.67. The lowest BCUT2D eigenvalue weighted by Crippen LogP contribution is -2.05. The van der Waals surface area contributed by atoms with Crippen molar-refractivity contribution < 1.29 is 19.1 Å². The Morgan fingerprint density at radius 3 is 1.97 bits per heavy atom. The van der Waals surface area contributed by atoms with Crippen LogP contribution in [0.1, 0.15) is 12.0 Å². The molecule has 3 rings (SSSR count). The second-order valence-electron chi connectivity index (χ2n) is 6.47. The number of nitro groups is 1. The van der Waals surface area contributed by atoms with Crippen molar-refractivity contribution in [3.63, 3.8) is 0 Å². The van der Waals surface area contributed by atoms with Gasteiger partial charge in [0.1, 0.15) is 17.2 Å². The molecule has 0 bridgehead atoms. The molecule has 1 N–H and O–H groups in total. The molecule has 3 aromatic rings. The lowest BCUT2D eigenvalue weighted by molar-refractivity contribution is -0.384. The van der Waals surface area contributed by atoms with Crippen molar-refractivity contribution >= 4 is 17.6 Å². The van der Waals surface area contributed by atoms with Crippen LogP contribution in [0.3, 0.4) is 0 Å². The molecule has 0 aromatic heterocycles. The van der Waals surface area contributed by atoms with Crippen LogP contribution in [0.4, 0.5) is 11.4 Å². The van der Waals surface area contributed by atoms with E-state index in [0.29, 0.717) is 18.9 Å². The number of benzene rings is 3. The normalized spacial score (nSPS) is 10.6. The molecule has 0 radical (unpaired) electrons. The van der Waals surface area contributed by atoms with E-state index in [1.54, 1.807) is 25.5 Å². The van der Waals surface area contributed by atoms with Gasteiger partial charge in [0.2, 0.25) is 0 Å². The van der Waals surface area contributed by atoms with Crippen molar-refractivity contribution in [2.45, 2.75) is 6.42 Å². The Hall–Kier alpha value is -4.07. The molecule has 0 saturated heterocycles. The highest BCUT2D eigenvalue weighted by Gasteiger charge is 2.03. The Morgan fingerprint density at radius 2 is 1.42 bits per heavy atom. The number of methoxy groups -OCH3 is 1. The molecule has 0 atom stereocenters. The SMILES string of the molecule is COc1ccc(OCCCOc2ccc(C=NNc3ccc([N+](=O)[O-])cc3)cc2)cc1. The van der Waals surface area contributed by atoms with Crippen LogP contribution in [0, 0.1) is 10.1 Å². The predicted molar refractivity (Wildman–Crippen MR) is 119 cm³/mol. The maximum atomic E-state index is 10.7. The molecule has 0 unspecified atom stereocenters. The number of rotatable bonds is 11. The van der Waals surface area contributed by atoms with Crippen LogP contribution in [0.25, 0.3) is 0 Å². The largest absolute Gasteiger partial charge is 0.497 e. The standard InChI is InChI=1S/C23H23N3O5/c1-29-21-11-13-23(14-12-21)31-16-2-15-30-22-9-3-18(4-10-22)17-24-25-19-5-7-20(8-6-19)26(27)28/h3-14,17,25H,2,15-16H2,1H3. The van der Waals surface area contributed by atoms with Gasteiger partial charge in [-0.15, -0.1) is 0 Å². The van der Waals surface area contributed by atoms with Crippen LogP contribution in [0.5, 0.6) is 17.2 Å². The Bertz CT molecular complexity index is 987. The topological polar surface area (TPSA) is 95.2 Å². The van der Waals surface area contributed by atoms with Crippen LogP contribution in [-0.4, -0.2) is 31.5 Å². The van der Waals surface area contributed by atoms with Crippen molar-refractivity contribution in [3.8, 4) is 17.2 Å². The molecule has 0 amide bonds. The lowest BCUT2D eigenvalue weighted by atomic mass is 10.2. The molecule has 0 aliphatic rings. The summed E-state index contributed by atoms with van der Waals surface area (Å²) in [5.74, 6) is 2.36. The number of ether oxygens (including phenoxy) is 3. The number of nitrogens with one attached hydrogen (secondary N) is 1. The zero-order valence-corrected chi connectivity index (χ0v) is 17.1. The predicted octanol–water partition coefficient (Wildman–Crippen LogP) is 4.90. The highest BCUT2D eigenvalue weighted by molar-refractivity contribution is 5.80. The summed E-state index contributed by atoms with van der Waals surface area (Å²) in [4.78, 5) is 10.2. The Morgan fingerprint density at radius 1 is 0.871 bits per heavy atom. The highest BCUT2D eigenvalue weighted by Crippen LogP contribution is 2.18. The van der Waals surface area contributed by atoms with Crippen molar-refractivity contribution in [3.05, 3.63) is 88.5 Å². The number of anilines is 1. The molecule has 0 saturated carbocycles. The number of hydrogen-bond acceptors (Lipinski definition) is 7. The first-order valence-corrected chi connectivity index (χ1v) is 9.67. The summed E-state index contributed by atoms with van der Waals surface area (Å²) in [6, 6.07) is 21.0. The zero-order valence-electron chi connectivity index (χ0n) is 17.1. The van der Waals surface area contributed by atoms with E-state index in [1.165, 1.54) is 12.1 Å². The van der Waals surface area contributed by atoms with Gasteiger partial charge in [-0.25, -0.2) is 0 Å². The lowest BCUT2D eigenvalue weighted by Gasteiger charge is -2.08. The zero-order chi connectivity index (χ0) is 21.9. The molecular weight excluding hydrogens is 398 g/mol. The van der Waals surface area contributed by atoms with Gasteiger partial charge in [-0.05, 0) is 66.2 Å². The average molecular weight is 421 g/mol. The number of hydrazone groups is 1. The number of nitro benzene ring substituents is 1. The van der Waals surface area contributed by atoms with Gasteiger partial charge < -0.3 is 14.2 Å². The van der Waals surface area contributed by atoms with E-state index in [-0.39, 0.29) is 5.69 Å². The monoisotopic (exact) mass is 421 g/mol. The quantitative estimate of drug-likeness (QED) is 0.205. The summed E-state index contributed by atoms with van der Waals surface area (Å²) < 4.78 is 16.5. The van der Waals surface area contributed by atoms with E-state index >= 15 is 0 Å². The third-order valence-corrected chi connectivity index (χ3v) is 4.25. The summed E-state index contributed by atoms with van der Waals surface area (Å²) in [7, 11) is 1.63. The van der Waals surface area contributed by atoms with E-state index in [0.717, 1.165) is 29.2 Å². The molecule has 31 heavy (non-hydrogen) atoms. The minimum atomic E-state index is -0.440. The van der Waals surface area contributed by atoms with Crippen LogP contribution in [-0.2, 0) is 0 Å². The Kier molecular flexibility index (Phi) is 7.82. The Labute approximate surface area is 180 Å². The van der Waals surface area contributed by atoms with Crippen molar-refractivity contribution in [2.24, 2.45) is 5.10 Å². The van der Waals surface area contributed by atoms with Gasteiger partial charge in [-0.1, -0.05) is 0 Å². The van der Waals surface area contributed by atoms with Crippen molar-refractivity contribution in [1.82, 2.24) is 0 Å². The summed E-state index contributed by atoms with van der Waals surface area (Å²) >= 11 is 0. The first-order chi connectivity index (χ1) is 15.1. The van der Waals surface area contributed by atoms with E-state index in [4.69, 9.17) is 14.2 Å². The second kappa shape index (κ2) is 11.2. The molecule has 160 valence electrons. The molecule has 0 heterocycles. The fourth-order valence-corrected chi connectivity index (χ4v) is 2.60. The Balaban J connectivity index is 1.36. The van der Waals surface area contributed by atoms with Gasteiger partial charge in [-0.3, -0.25) is 15.5 Å². The van der Waals surface area contributed by atoms with Gasteiger partial charge >= 0.3 is 0 Å². The molecule has 0 aliphatic carbocycles. The van der Waals surface area contributed by atoms with E-state index in [9.17, 15) is 10.1 Å². The first kappa shape index (κ1) is 21.6. The number of hydrogen-bond donors (Lipinski definition) is 1. The van der Waals surface area contributed by atoms with E-state index in [2.05, 4.69) is 10.5 Å². The third kappa shape index (κ3) is 7.04. The molecule has 3 aromatic carbocycles. The third-order valence-electron chi connectivity index (χ3n) is 4.25. The molecule has 8 heteroatoms. The summed E-state index contributed by atoms with van der Waals surface area (Å²) in [5, 5.41) is 14.8. The van der Waals surface area contributed by atoms with Crippen LogP contribution in [0.2, 0.25) is 0 Å². The van der Waals surface area contributed by atoms with Gasteiger partial charge in [-0.2, -0.15) is 5.10 Å². The number of nitrogens with zero attached hydrogens (tertiary/aromatic N) is 2. The van der Waals surface area contributed by atoms with Gasteiger partial charge in [0.25, 0.3) is 5.69 Å². The molecule has 0 spiro atoms. The summed E-state index contributed by atoms with van der Waals surface area (Å²) in [6.45, 7) is 1.11. The fourth-order valence-electron chi connectivity index (χ4n) is 2.60. The minimum absolute atomic E-state index is 0.0393. The van der Waals surface area contributed by atoms with Crippen molar-refractivity contribution in [2.75, 3.05) is 25.7 Å². The van der Waals surface area contributed by atoms with Crippen LogP contribution in [0.15, 0.2) is 77.9 Å². The molecule has 8 nitrogen and oxygen atoms in total. The van der Waals surface area contributed by atoms with Crippen molar-refractivity contribution in [1.29, 1.82) is 0 Å². The minimum Gasteiger partial charge on any atom is -0.497 e. The maximum Gasteiger partial charge on any atom is 0.269 e. The van der Waals surface area contributed by atoms with E-state index < -0.39 is 4.92 Å². The fraction of sp³-hybridized carbons (Fsp3) is 0.174. The smallest absolute Gasteiger partial charge is 0.269 e. The second-order valence-corrected chi connectivity index (χ2v) is 6.47. The maximum absolute atomic E-state index is 10.7. The van der Waals surface area contributed by atoms with Crippen LogP contribution < -0.4 is 19.6 Å². The highest BCUT2D eigenvalue weighted by atomic mass is 16.6. The molecule has 0 fully saturated rings. The molecular formula is C23H23N3O5. The van der Waals surface area contributed by atoms with Gasteiger partial charge in [0, 0.05) is 18.6 Å². The molecule has 0 aliphatic heterocycles. The summed E-state index contributed by atoms with van der Waals surface area (Å²) in [5.41, 5.74) is 4.43.